The van der Waals surface area contributed by atoms with Crippen molar-refractivity contribution in [1.82, 2.24) is 25.4 Å². The fourth-order valence-corrected chi connectivity index (χ4v) is 3.46. The van der Waals surface area contributed by atoms with Gasteiger partial charge >= 0.3 is 0 Å². The molecule has 0 radical (unpaired) electrons. The van der Waals surface area contributed by atoms with E-state index in [0.29, 0.717) is 30.2 Å². The minimum atomic E-state index is -3.21. The summed E-state index contributed by atoms with van der Waals surface area (Å²) in [6, 6.07) is 4.11. The van der Waals surface area contributed by atoms with Gasteiger partial charge in [0.05, 0.1) is 5.75 Å². The van der Waals surface area contributed by atoms with Gasteiger partial charge in [-0.05, 0) is 23.3 Å². The van der Waals surface area contributed by atoms with Gasteiger partial charge in [0.2, 0.25) is 0 Å². The molecule has 0 amide bonds. The molecular weight excluding hydrogens is 371 g/mol. The minimum absolute atomic E-state index is 0.135. The van der Waals surface area contributed by atoms with Crippen LogP contribution in [0.1, 0.15) is 23.9 Å². The van der Waals surface area contributed by atoms with Crippen LogP contribution in [0.15, 0.2) is 29.5 Å². The molecule has 1 aromatic heterocycles. The molecule has 0 aliphatic heterocycles. The molecule has 8 nitrogen and oxygen atoms in total. The zero-order valence-electron chi connectivity index (χ0n) is 15.7. The first-order valence-corrected chi connectivity index (χ1v) is 10.6. The number of halogens is 1. The molecule has 2 N–H and O–H groups in total. The van der Waals surface area contributed by atoms with Crippen molar-refractivity contribution in [2.24, 2.45) is 4.99 Å². The number of nitrogens with zero attached hydrogens (tertiary/aromatic N) is 4. The number of aliphatic imine (C=N–C) groups is 1. The van der Waals surface area contributed by atoms with Gasteiger partial charge in [0.25, 0.3) is 0 Å². The van der Waals surface area contributed by atoms with E-state index in [9.17, 15) is 12.8 Å². The summed E-state index contributed by atoms with van der Waals surface area (Å²) in [6.45, 7) is 3.55. The Labute approximate surface area is 158 Å². The molecular formula is C17H25FN6O2S. The zero-order chi connectivity index (χ0) is 19.9. The summed E-state index contributed by atoms with van der Waals surface area (Å²) in [4.78, 5) is 4.13. The van der Waals surface area contributed by atoms with E-state index >= 15 is 0 Å². The highest BCUT2D eigenvalue weighted by Crippen LogP contribution is 2.14. The third-order valence-electron chi connectivity index (χ3n) is 3.91. The molecule has 0 atom stereocenters. The Balaban J connectivity index is 1.95. The van der Waals surface area contributed by atoms with E-state index < -0.39 is 15.7 Å². The quantitative estimate of drug-likeness (QED) is 0.508. The Morgan fingerprint density at radius 2 is 2.07 bits per heavy atom. The zero-order valence-corrected chi connectivity index (χ0v) is 16.6. The first kappa shape index (κ1) is 20.8. The Kier molecular flexibility index (Phi) is 7.28. The van der Waals surface area contributed by atoms with E-state index in [1.165, 1.54) is 18.2 Å². The molecule has 0 fully saturated rings. The topological polar surface area (TPSA) is 101 Å². The van der Waals surface area contributed by atoms with Crippen molar-refractivity contribution in [3.63, 3.8) is 0 Å². The fourth-order valence-electron chi connectivity index (χ4n) is 2.62. The fraction of sp³-hybridized carbons (Fsp3) is 0.471. The maximum absolute atomic E-state index is 13.6. The molecule has 0 spiro atoms. The molecule has 1 heterocycles. The average Bonchev–Trinajstić information content (AvgIpc) is 3.06. The van der Waals surface area contributed by atoms with Crippen molar-refractivity contribution in [2.45, 2.75) is 32.2 Å². The Bertz CT molecular complexity index is 895. The van der Waals surface area contributed by atoms with Crippen molar-refractivity contribution in [1.29, 1.82) is 0 Å². The molecule has 2 aromatic rings. The van der Waals surface area contributed by atoms with Crippen LogP contribution in [-0.4, -0.2) is 49.0 Å². The van der Waals surface area contributed by atoms with E-state index in [1.54, 1.807) is 13.4 Å². The van der Waals surface area contributed by atoms with Crippen LogP contribution >= 0.6 is 0 Å². The van der Waals surface area contributed by atoms with E-state index in [4.69, 9.17) is 0 Å². The van der Waals surface area contributed by atoms with Crippen molar-refractivity contribution >= 4 is 15.8 Å². The Morgan fingerprint density at radius 3 is 2.74 bits per heavy atom. The normalized spacial score (nSPS) is 12.2. The van der Waals surface area contributed by atoms with E-state index in [2.05, 4.69) is 25.8 Å². The van der Waals surface area contributed by atoms with Gasteiger partial charge in [0.1, 0.15) is 18.0 Å². The van der Waals surface area contributed by atoms with Crippen LogP contribution in [0.4, 0.5) is 4.39 Å². The summed E-state index contributed by atoms with van der Waals surface area (Å²) < 4.78 is 38.7. The number of aryl methyl sites for hydroxylation is 1. The van der Waals surface area contributed by atoms with Gasteiger partial charge in [-0.15, -0.1) is 10.2 Å². The maximum Gasteiger partial charge on any atom is 0.191 e. The lowest BCUT2D eigenvalue weighted by Gasteiger charge is -2.14. The highest BCUT2D eigenvalue weighted by molar-refractivity contribution is 7.89. The second-order valence-electron chi connectivity index (χ2n) is 6.13. The van der Waals surface area contributed by atoms with Crippen LogP contribution in [0, 0.1) is 5.82 Å². The number of guanidine groups is 1. The van der Waals surface area contributed by atoms with Gasteiger partial charge < -0.3 is 15.2 Å². The number of nitrogens with one attached hydrogen (secondary N) is 2. The van der Waals surface area contributed by atoms with Gasteiger partial charge in [-0.3, -0.25) is 4.99 Å². The molecule has 0 aliphatic rings. The third kappa shape index (κ3) is 6.63. The Hall–Kier alpha value is -2.49. The standard InChI is InChI=1S/C17H25FN6O2S/c1-4-16-23-22-12-24(16)8-7-20-17(19-2)21-10-14-9-15(18)6-5-13(14)11-27(3,25)26/h5-6,9,12H,4,7-8,10-11H2,1-3H3,(H2,19,20,21). The molecule has 148 valence electrons. The molecule has 0 aliphatic carbocycles. The van der Waals surface area contributed by atoms with Gasteiger partial charge in [-0.25, -0.2) is 12.8 Å². The van der Waals surface area contributed by atoms with Gasteiger partial charge in [-0.1, -0.05) is 13.0 Å². The summed E-state index contributed by atoms with van der Waals surface area (Å²) in [7, 11) is -1.58. The van der Waals surface area contributed by atoms with Crippen LogP contribution < -0.4 is 10.6 Å². The van der Waals surface area contributed by atoms with Gasteiger partial charge in [-0.2, -0.15) is 0 Å². The second-order valence-corrected chi connectivity index (χ2v) is 8.27. The first-order valence-electron chi connectivity index (χ1n) is 8.58. The highest BCUT2D eigenvalue weighted by Gasteiger charge is 2.11. The number of hydrogen-bond donors (Lipinski definition) is 2. The van der Waals surface area contributed by atoms with Crippen molar-refractivity contribution < 1.29 is 12.8 Å². The monoisotopic (exact) mass is 396 g/mol. The summed E-state index contributed by atoms with van der Waals surface area (Å²) in [5, 5.41) is 14.2. The number of benzene rings is 1. The minimum Gasteiger partial charge on any atom is -0.355 e. The van der Waals surface area contributed by atoms with Crippen LogP contribution in [0.25, 0.3) is 0 Å². The van der Waals surface area contributed by atoms with Crippen molar-refractivity contribution in [3.8, 4) is 0 Å². The predicted octanol–water partition coefficient (Wildman–Crippen LogP) is 0.889. The van der Waals surface area contributed by atoms with E-state index in [0.717, 1.165) is 18.5 Å². The van der Waals surface area contributed by atoms with E-state index in [1.807, 2.05) is 11.5 Å². The predicted molar refractivity (Wildman–Crippen MR) is 103 cm³/mol. The summed E-state index contributed by atoms with van der Waals surface area (Å²) in [5.41, 5.74) is 1.15. The van der Waals surface area contributed by atoms with Crippen molar-refractivity contribution in [2.75, 3.05) is 19.8 Å². The average molecular weight is 396 g/mol. The van der Waals surface area contributed by atoms with Gasteiger partial charge in [0.15, 0.2) is 15.8 Å². The lowest BCUT2D eigenvalue weighted by molar-refractivity contribution is 0.599. The first-order chi connectivity index (χ1) is 12.8. The molecule has 2 rings (SSSR count). The molecule has 0 saturated heterocycles. The smallest absolute Gasteiger partial charge is 0.191 e. The van der Waals surface area contributed by atoms with Gasteiger partial charge in [0, 0.05) is 39.4 Å². The summed E-state index contributed by atoms with van der Waals surface area (Å²) >= 11 is 0. The van der Waals surface area contributed by atoms with Crippen LogP contribution in [0.3, 0.4) is 0 Å². The number of aromatic nitrogens is 3. The molecule has 0 saturated carbocycles. The Morgan fingerprint density at radius 1 is 1.30 bits per heavy atom. The molecule has 1 aromatic carbocycles. The summed E-state index contributed by atoms with van der Waals surface area (Å²) in [5.74, 6) is 0.899. The van der Waals surface area contributed by atoms with E-state index in [-0.39, 0.29) is 12.3 Å². The second kappa shape index (κ2) is 9.45. The molecule has 27 heavy (non-hydrogen) atoms. The molecule has 0 bridgehead atoms. The van der Waals surface area contributed by atoms with Crippen LogP contribution in [0.2, 0.25) is 0 Å². The SMILES string of the molecule is CCc1nncn1CCNC(=NC)NCc1cc(F)ccc1CS(C)(=O)=O. The largest absolute Gasteiger partial charge is 0.355 e. The summed E-state index contributed by atoms with van der Waals surface area (Å²) in [6.07, 6.45) is 3.64. The maximum atomic E-state index is 13.6. The molecule has 10 heteroatoms. The lowest BCUT2D eigenvalue weighted by Crippen LogP contribution is -2.38. The highest BCUT2D eigenvalue weighted by atomic mass is 32.2. The third-order valence-corrected chi connectivity index (χ3v) is 4.75. The number of sulfone groups is 1. The van der Waals surface area contributed by atoms with Crippen molar-refractivity contribution in [3.05, 3.63) is 47.3 Å². The number of rotatable bonds is 8. The lowest BCUT2D eigenvalue weighted by atomic mass is 10.1. The molecule has 0 unspecified atom stereocenters. The van der Waals surface area contributed by atoms with Crippen LogP contribution in [0.5, 0.6) is 0 Å². The van der Waals surface area contributed by atoms with Crippen LogP contribution in [-0.2, 0) is 35.1 Å². The number of hydrogen-bond acceptors (Lipinski definition) is 5.